The molecule has 0 aliphatic carbocycles. The monoisotopic (exact) mass is 307 g/mol. The van der Waals surface area contributed by atoms with Crippen LogP contribution in [0.25, 0.3) is 0 Å². The van der Waals surface area contributed by atoms with Crippen molar-refractivity contribution < 1.29 is 12.8 Å². The Morgan fingerprint density at radius 3 is 2.14 bits per heavy atom. The van der Waals surface area contributed by atoms with Gasteiger partial charge in [0.25, 0.3) is 0 Å². The fourth-order valence-electron chi connectivity index (χ4n) is 2.47. The molecule has 1 atom stereocenters. The van der Waals surface area contributed by atoms with Crippen molar-refractivity contribution >= 4 is 10.0 Å². The second-order valence-corrected chi connectivity index (χ2v) is 7.10. The van der Waals surface area contributed by atoms with Crippen molar-refractivity contribution in [3.8, 4) is 0 Å². The minimum Gasteiger partial charge on any atom is -0.468 e. The highest BCUT2D eigenvalue weighted by atomic mass is 32.2. The summed E-state index contributed by atoms with van der Waals surface area (Å²) < 4.78 is 33.4. The summed E-state index contributed by atoms with van der Waals surface area (Å²) in [5.74, 6) is 0.596. The fourth-order valence-corrected chi connectivity index (χ4v) is 4.30. The number of nitrogens with one attached hydrogen (secondary N) is 1. The maximum atomic E-state index is 12.7. The average molecular weight is 307 g/mol. The van der Waals surface area contributed by atoms with Gasteiger partial charge in [0.1, 0.15) is 5.76 Å². The van der Waals surface area contributed by atoms with Gasteiger partial charge >= 0.3 is 0 Å². The fraction of sp³-hybridized carbons (Fsp3) is 0.375. The summed E-state index contributed by atoms with van der Waals surface area (Å²) in [4.78, 5) is 0.374. The van der Waals surface area contributed by atoms with Crippen LogP contribution in [-0.2, 0) is 10.0 Å². The summed E-state index contributed by atoms with van der Waals surface area (Å²) in [7, 11) is -3.60. The quantitative estimate of drug-likeness (QED) is 0.939. The molecule has 0 amide bonds. The molecule has 1 heterocycles. The Labute approximate surface area is 126 Å². The first-order chi connectivity index (χ1) is 9.74. The predicted molar refractivity (Wildman–Crippen MR) is 82.8 cm³/mol. The average Bonchev–Trinajstić information content (AvgIpc) is 2.89. The van der Waals surface area contributed by atoms with Crippen LogP contribution < -0.4 is 4.72 Å². The zero-order valence-corrected chi connectivity index (χ0v) is 13.8. The van der Waals surface area contributed by atoms with E-state index < -0.39 is 16.1 Å². The molecule has 5 heteroatoms. The number of hydrogen-bond donors (Lipinski definition) is 1. The Kier molecular flexibility index (Phi) is 4.25. The molecular formula is C16H21NO3S. The van der Waals surface area contributed by atoms with E-state index in [1.165, 1.54) is 6.26 Å². The van der Waals surface area contributed by atoms with Crippen molar-refractivity contribution in [2.24, 2.45) is 0 Å². The van der Waals surface area contributed by atoms with Crippen LogP contribution >= 0.6 is 0 Å². The summed E-state index contributed by atoms with van der Waals surface area (Å²) in [5, 5.41) is 0. The molecule has 0 radical (unpaired) electrons. The van der Waals surface area contributed by atoms with E-state index in [-0.39, 0.29) is 0 Å². The van der Waals surface area contributed by atoms with E-state index >= 15 is 0 Å². The van der Waals surface area contributed by atoms with Crippen LogP contribution in [0.1, 0.15) is 41.0 Å². The molecule has 0 aliphatic heterocycles. The van der Waals surface area contributed by atoms with E-state index in [0.29, 0.717) is 10.7 Å². The molecule has 0 fully saturated rings. The normalized spacial score (nSPS) is 13.4. The van der Waals surface area contributed by atoms with Gasteiger partial charge in [0.15, 0.2) is 0 Å². The smallest absolute Gasteiger partial charge is 0.241 e. The number of furan rings is 1. The Morgan fingerprint density at radius 1 is 1.10 bits per heavy atom. The third-order valence-corrected chi connectivity index (χ3v) is 5.68. The van der Waals surface area contributed by atoms with Gasteiger partial charge in [0.2, 0.25) is 10.0 Å². The van der Waals surface area contributed by atoms with Crippen LogP contribution in [-0.4, -0.2) is 8.42 Å². The summed E-state index contributed by atoms with van der Waals surface area (Å²) in [6, 6.07) is 5.10. The van der Waals surface area contributed by atoms with Gasteiger partial charge in [-0.1, -0.05) is 6.07 Å². The zero-order valence-electron chi connectivity index (χ0n) is 13.0. The van der Waals surface area contributed by atoms with Gasteiger partial charge in [-0.3, -0.25) is 0 Å². The molecule has 0 spiro atoms. The lowest BCUT2D eigenvalue weighted by Gasteiger charge is -2.18. The van der Waals surface area contributed by atoms with Crippen molar-refractivity contribution in [1.82, 2.24) is 4.72 Å². The van der Waals surface area contributed by atoms with E-state index in [2.05, 4.69) is 4.72 Å². The van der Waals surface area contributed by atoms with Gasteiger partial charge in [-0.2, -0.15) is 0 Å². The van der Waals surface area contributed by atoms with Crippen molar-refractivity contribution in [1.29, 1.82) is 0 Å². The maximum Gasteiger partial charge on any atom is 0.241 e. The van der Waals surface area contributed by atoms with Crippen molar-refractivity contribution in [2.75, 3.05) is 0 Å². The highest BCUT2D eigenvalue weighted by Gasteiger charge is 2.25. The van der Waals surface area contributed by atoms with Crippen molar-refractivity contribution in [3.63, 3.8) is 0 Å². The molecule has 2 rings (SSSR count). The molecule has 1 aromatic carbocycles. The lowest BCUT2D eigenvalue weighted by atomic mass is 10.0. The Hall–Kier alpha value is -1.59. The van der Waals surface area contributed by atoms with Crippen LogP contribution in [0.15, 0.2) is 33.8 Å². The van der Waals surface area contributed by atoms with Crippen molar-refractivity contribution in [3.05, 3.63) is 52.5 Å². The van der Waals surface area contributed by atoms with E-state index in [9.17, 15) is 8.42 Å². The van der Waals surface area contributed by atoms with Gasteiger partial charge in [-0.25, -0.2) is 13.1 Å². The van der Waals surface area contributed by atoms with Gasteiger partial charge in [0, 0.05) is 0 Å². The first kappa shape index (κ1) is 15.8. The van der Waals surface area contributed by atoms with E-state index in [0.717, 1.165) is 22.3 Å². The summed E-state index contributed by atoms with van der Waals surface area (Å²) in [5.41, 5.74) is 3.53. The molecule has 1 aromatic heterocycles. The van der Waals surface area contributed by atoms with Gasteiger partial charge in [-0.05, 0) is 69.0 Å². The molecule has 21 heavy (non-hydrogen) atoms. The Morgan fingerprint density at radius 2 is 1.67 bits per heavy atom. The molecule has 114 valence electrons. The summed E-state index contributed by atoms with van der Waals surface area (Å²) in [6.07, 6.45) is 1.54. The molecule has 4 nitrogen and oxygen atoms in total. The number of sulfonamides is 1. The molecular weight excluding hydrogens is 286 g/mol. The summed E-state index contributed by atoms with van der Waals surface area (Å²) >= 11 is 0. The van der Waals surface area contributed by atoms with Crippen LogP contribution in [0.2, 0.25) is 0 Å². The number of benzene rings is 1. The second kappa shape index (κ2) is 5.66. The van der Waals surface area contributed by atoms with Gasteiger partial charge in [0.05, 0.1) is 17.2 Å². The largest absolute Gasteiger partial charge is 0.468 e. The minimum atomic E-state index is -3.60. The number of hydrogen-bond acceptors (Lipinski definition) is 3. The predicted octanol–water partition coefficient (Wildman–Crippen LogP) is 3.55. The highest BCUT2D eigenvalue weighted by molar-refractivity contribution is 7.89. The van der Waals surface area contributed by atoms with Crippen LogP contribution in [0.4, 0.5) is 0 Å². The lowest BCUT2D eigenvalue weighted by molar-refractivity contribution is 0.459. The van der Waals surface area contributed by atoms with Gasteiger partial charge < -0.3 is 4.42 Å². The third-order valence-electron chi connectivity index (χ3n) is 3.87. The SMILES string of the molecule is Cc1cc(C)c(C)c(S(=O)(=O)N[C@H](C)c2ccco2)c1C. The zero-order chi connectivity index (χ0) is 15.8. The van der Waals surface area contributed by atoms with Crippen LogP contribution in [0.3, 0.4) is 0 Å². The molecule has 0 unspecified atom stereocenters. The van der Waals surface area contributed by atoms with E-state index in [4.69, 9.17) is 4.42 Å². The Balaban J connectivity index is 2.46. The third kappa shape index (κ3) is 3.04. The molecule has 2 aromatic rings. The van der Waals surface area contributed by atoms with Crippen LogP contribution in [0.5, 0.6) is 0 Å². The van der Waals surface area contributed by atoms with Gasteiger partial charge in [-0.15, -0.1) is 0 Å². The number of rotatable bonds is 4. The lowest BCUT2D eigenvalue weighted by Crippen LogP contribution is -2.28. The molecule has 1 N–H and O–H groups in total. The van der Waals surface area contributed by atoms with E-state index in [1.54, 1.807) is 19.1 Å². The molecule has 0 saturated heterocycles. The minimum absolute atomic E-state index is 0.374. The second-order valence-electron chi connectivity index (χ2n) is 5.45. The number of aryl methyl sites for hydroxylation is 2. The van der Waals surface area contributed by atoms with E-state index in [1.807, 2.05) is 33.8 Å². The summed E-state index contributed by atoms with van der Waals surface area (Å²) in [6.45, 7) is 9.30. The molecule has 0 aliphatic rings. The highest BCUT2D eigenvalue weighted by Crippen LogP contribution is 2.27. The first-order valence-electron chi connectivity index (χ1n) is 6.87. The van der Waals surface area contributed by atoms with Crippen LogP contribution in [0, 0.1) is 27.7 Å². The first-order valence-corrected chi connectivity index (χ1v) is 8.35. The molecule has 0 bridgehead atoms. The molecule has 0 saturated carbocycles. The Bertz CT molecular complexity index is 720. The van der Waals surface area contributed by atoms with Crippen molar-refractivity contribution in [2.45, 2.75) is 45.6 Å². The topological polar surface area (TPSA) is 59.3 Å². The maximum absolute atomic E-state index is 12.7. The standard InChI is InChI=1S/C16H21NO3S/c1-10-9-11(2)13(4)16(12(10)3)21(18,19)17-14(5)15-7-6-8-20-15/h6-9,14,17H,1-5H3/t14-/m1/s1.